The van der Waals surface area contributed by atoms with Crippen molar-refractivity contribution in [3.05, 3.63) is 18.7 Å². The SMILES string of the molecule is CNCCS(=O)(=O)NCCn1ccnc1. The minimum Gasteiger partial charge on any atom is -0.336 e. The van der Waals surface area contributed by atoms with Crippen LogP contribution in [0.15, 0.2) is 18.7 Å². The van der Waals surface area contributed by atoms with Crippen molar-refractivity contribution in [2.24, 2.45) is 0 Å². The molecule has 0 amide bonds. The van der Waals surface area contributed by atoms with Crippen LogP contribution in [0.1, 0.15) is 0 Å². The fourth-order valence-corrected chi connectivity index (χ4v) is 2.08. The predicted octanol–water partition coefficient (Wildman–Crippen LogP) is -0.978. The van der Waals surface area contributed by atoms with E-state index in [1.165, 1.54) is 0 Å². The summed E-state index contributed by atoms with van der Waals surface area (Å²) >= 11 is 0. The number of imidazole rings is 1. The number of aromatic nitrogens is 2. The molecular formula is C8H16N4O2S. The topological polar surface area (TPSA) is 76.0 Å². The normalized spacial score (nSPS) is 11.8. The summed E-state index contributed by atoms with van der Waals surface area (Å²) in [4.78, 5) is 3.86. The lowest BCUT2D eigenvalue weighted by Crippen LogP contribution is -2.32. The van der Waals surface area contributed by atoms with Crippen molar-refractivity contribution < 1.29 is 8.42 Å². The molecule has 6 nitrogen and oxygen atoms in total. The van der Waals surface area contributed by atoms with Gasteiger partial charge in [-0.05, 0) is 7.05 Å². The zero-order valence-electron chi connectivity index (χ0n) is 8.68. The van der Waals surface area contributed by atoms with E-state index < -0.39 is 10.0 Å². The second-order valence-corrected chi connectivity index (χ2v) is 5.04. The molecule has 0 radical (unpaired) electrons. The Morgan fingerprint density at radius 3 is 2.80 bits per heavy atom. The molecule has 0 unspecified atom stereocenters. The third-order valence-corrected chi connectivity index (χ3v) is 3.26. The van der Waals surface area contributed by atoms with E-state index in [1.54, 1.807) is 25.8 Å². The molecule has 0 aliphatic carbocycles. The number of sulfonamides is 1. The van der Waals surface area contributed by atoms with E-state index in [9.17, 15) is 8.42 Å². The lowest BCUT2D eigenvalue weighted by Gasteiger charge is -2.06. The first-order valence-corrected chi connectivity index (χ1v) is 6.37. The molecule has 0 saturated heterocycles. The molecule has 1 aromatic rings. The lowest BCUT2D eigenvalue weighted by atomic mass is 10.6. The number of nitrogens with zero attached hydrogens (tertiary/aromatic N) is 2. The maximum Gasteiger partial charge on any atom is 0.212 e. The molecule has 0 fully saturated rings. The highest BCUT2D eigenvalue weighted by Gasteiger charge is 2.07. The van der Waals surface area contributed by atoms with E-state index >= 15 is 0 Å². The second-order valence-electron chi connectivity index (χ2n) is 3.12. The van der Waals surface area contributed by atoms with Gasteiger partial charge in [0.25, 0.3) is 0 Å². The van der Waals surface area contributed by atoms with Gasteiger partial charge in [-0.3, -0.25) is 0 Å². The van der Waals surface area contributed by atoms with E-state index in [4.69, 9.17) is 0 Å². The number of hydrogen-bond donors (Lipinski definition) is 2. The van der Waals surface area contributed by atoms with Crippen LogP contribution >= 0.6 is 0 Å². The Morgan fingerprint density at radius 1 is 1.40 bits per heavy atom. The predicted molar refractivity (Wildman–Crippen MR) is 57.9 cm³/mol. The van der Waals surface area contributed by atoms with Crippen LogP contribution in [-0.2, 0) is 16.6 Å². The Hall–Kier alpha value is -0.920. The Bertz CT molecular complexity index is 360. The van der Waals surface area contributed by atoms with Gasteiger partial charge in [0.05, 0.1) is 12.1 Å². The second kappa shape index (κ2) is 5.84. The highest BCUT2D eigenvalue weighted by Crippen LogP contribution is 1.86. The molecule has 1 aromatic heterocycles. The average molecular weight is 232 g/mol. The van der Waals surface area contributed by atoms with Crippen LogP contribution in [0, 0.1) is 0 Å². The summed E-state index contributed by atoms with van der Waals surface area (Å²) in [6.07, 6.45) is 5.11. The largest absolute Gasteiger partial charge is 0.336 e. The molecule has 0 spiro atoms. The number of rotatable bonds is 7. The number of nitrogens with one attached hydrogen (secondary N) is 2. The zero-order chi connectivity index (χ0) is 11.1. The fraction of sp³-hybridized carbons (Fsp3) is 0.625. The van der Waals surface area contributed by atoms with Crippen molar-refractivity contribution >= 4 is 10.0 Å². The van der Waals surface area contributed by atoms with Crippen molar-refractivity contribution in [1.29, 1.82) is 0 Å². The van der Waals surface area contributed by atoms with Gasteiger partial charge in [-0.1, -0.05) is 0 Å². The summed E-state index contributed by atoms with van der Waals surface area (Å²) < 4.78 is 27.0. The molecule has 1 heterocycles. The van der Waals surface area contributed by atoms with Gasteiger partial charge >= 0.3 is 0 Å². The molecule has 0 bridgehead atoms. The van der Waals surface area contributed by atoms with Crippen molar-refractivity contribution in [2.75, 3.05) is 25.9 Å². The molecule has 0 atom stereocenters. The van der Waals surface area contributed by atoms with E-state index in [1.807, 2.05) is 4.57 Å². The van der Waals surface area contributed by atoms with Crippen LogP contribution < -0.4 is 10.0 Å². The molecule has 2 N–H and O–H groups in total. The molecule has 0 saturated carbocycles. The zero-order valence-corrected chi connectivity index (χ0v) is 9.50. The maximum atomic E-state index is 11.3. The van der Waals surface area contributed by atoms with Crippen LogP contribution in [0.3, 0.4) is 0 Å². The van der Waals surface area contributed by atoms with Gasteiger partial charge in [0.2, 0.25) is 10.0 Å². The minimum absolute atomic E-state index is 0.105. The maximum absolute atomic E-state index is 11.3. The molecule has 7 heteroatoms. The first-order valence-electron chi connectivity index (χ1n) is 4.72. The first-order chi connectivity index (χ1) is 7.14. The molecule has 86 valence electrons. The number of hydrogen-bond acceptors (Lipinski definition) is 4. The molecule has 1 rings (SSSR count). The highest BCUT2D eigenvalue weighted by molar-refractivity contribution is 7.89. The average Bonchev–Trinajstić information content (AvgIpc) is 2.67. The van der Waals surface area contributed by atoms with Crippen LogP contribution in [-0.4, -0.2) is 43.9 Å². The summed E-state index contributed by atoms with van der Waals surface area (Å²) in [5, 5.41) is 2.79. The third kappa shape index (κ3) is 4.91. The Morgan fingerprint density at radius 2 is 2.20 bits per heavy atom. The first kappa shape index (κ1) is 12.2. The van der Waals surface area contributed by atoms with Crippen molar-refractivity contribution in [3.8, 4) is 0 Å². The monoisotopic (exact) mass is 232 g/mol. The summed E-state index contributed by atoms with van der Waals surface area (Å²) in [7, 11) is -1.42. The summed E-state index contributed by atoms with van der Waals surface area (Å²) in [5.74, 6) is 0.105. The fourth-order valence-electron chi connectivity index (χ4n) is 1.06. The standard InChI is InChI=1S/C8H16N4O2S/c1-9-4-7-15(13,14)11-3-6-12-5-2-10-8-12/h2,5,8-9,11H,3-4,6-7H2,1H3. The van der Waals surface area contributed by atoms with Gasteiger partial charge in [-0.15, -0.1) is 0 Å². The third-order valence-electron chi connectivity index (χ3n) is 1.87. The van der Waals surface area contributed by atoms with E-state index in [2.05, 4.69) is 15.0 Å². The van der Waals surface area contributed by atoms with Crippen LogP contribution in [0.5, 0.6) is 0 Å². The van der Waals surface area contributed by atoms with Crippen molar-refractivity contribution in [3.63, 3.8) is 0 Å². The molecule has 0 aliphatic heterocycles. The Labute approximate surface area is 89.8 Å². The van der Waals surface area contributed by atoms with Gasteiger partial charge in [0, 0.05) is 32.0 Å². The van der Waals surface area contributed by atoms with Gasteiger partial charge in [0.1, 0.15) is 0 Å². The summed E-state index contributed by atoms with van der Waals surface area (Å²) in [6.45, 7) is 1.45. The molecule has 0 aliphatic rings. The van der Waals surface area contributed by atoms with Crippen LogP contribution in [0.4, 0.5) is 0 Å². The van der Waals surface area contributed by atoms with E-state index in [0.717, 1.165) is 0 Å². The minimum atomic E-state index is -3.14. The Balaban J connectivity index is 2.24. The van der Waals surface area contributed by atoms with Gasteiger partial charge < -0.3 is 9.88 Å². The van der Waals surface area contributed by atoms with Crippen molar-refractivity contribution in [2.45, 2.75) is 6.54 Å². The summed E-state index contributed by atoms with van der Waals surface area (Å²) in [6, 6.07) is 0. The Kier molecular flexibility index (Phi) is 4.73. The smallest absolute Gasteiger partial charge is 0.212 e. The lowest BCUT2D eigenvalue weighted by molar-refractivity contribution is 0.570. The van der Waals surface area contributed by atoms with Crippen LogP contribution in [0.25, 0.3) is 0 Å². The van der Waals surface area contributed by atoms with Crippen LogP contribution in [0.2, 0.25) is 0 Å². The summed E-state index contributed by atoms with van der Waals surface area (Å²) in [5.41, 5.74) is 0. The van der Waals surface area contributed by atoms with E-state index in [-0.39, 0.29) is 5.75 Å². The molecular weight excluding hydrogens is 216 g/mol. The van der Waals surface area contributed by atoms with Gasteiger partial charge in [0.15, 0.2) is 0 Å². The quantitative estimate of drug-likeness (QED) is 0.633. The van der Waals surface area contributed by atoms with E-state index in [0.29, 0.717) is 19.6 Å². The molecule has 15 heavy (non-hydrogen) atoms. The molecule has 0 aromatic carbocycles. The van der Waals surface area contributed by atoms with Gasteiger partial charge in [-0.25, -0.2) is 18.1 Å². The highest BCUT2D eigenvalue weighted by atomic mass is 32.2. The van der Waals surface area contributed by atoms with Crippen molar-refractivity contribution in [1.82, 2.24) is 19.6 Å². The van der Waals surface area contributed by atoms with Gasteiger partial charge in [-0.2, -0.15) is 0 Å².